The Bertz CT molecular complexity index is 482. The lowest BCUT2D eigenvalue weighted by Crippen LogP contribution is -2.38. The number of aliphatic carboxylic acids is 1. The number of carboxylic acids is 1. The molecule has 7 heteroatoms. The van der Waals surface area contributed by atoms with Crippen molar-refractivity contribution in [3.8, 4) is 0 Å². The molecule has 0 aliphatic rings. The molecule has 2 amide bonds. The van der Waals surface area contributed by atoms with Crippen LogP contribution < -0.4 is 5.32 Å². The average molecular weight is 282 g/mol. The van der Waals surface area contributed by atoms with Crippen LogP contribution >= 0.6 is 11.3 Å². The molecule has 0 aromatic carbocycles. The highest BCUT2D eigenvalue weighted by atomic mass is 32.1. The van der Waals surface area contributed by atoms with E-state index < -0.39 is 5.97 Å². The minimum Gasteiger partial charge on any atom is -0.478 e. The van der Waals surface area contributed by atoms with Gasteiger partial charge in [0.25, 0.3) is 5.91 Å². The van der Waals surface area contributed by atoms with Crippen molar-refractivity contribution in [2.75, 3.05) is 20.1 Å². The van der Waals surface area contributed by atoms with Crippen LogP contribution in [-0.4, -0.2) is 47.9 Å². The normalized spacial score (nSPS) is 10.4. The van der Waals surface area contributed by atoms with Gasteiger partial charge in [-0.3, -0.25) is 9.59 Å². The molecule has 1 aromatic heterocycles. The quantitative estimate of drug-likeness (QED) is 0.747. The van der Waals surface area contributed by atoms with E-state index in [1.54, 1.807) is 17.5 Å². The molecule has 2 N–H and O–H groups in total. The van der Waals surface area contributed by atoms with E-state index in [0.717, 1.165) is 6.08 Å². The Kier molecular flexibility index (Phi) is 5.74. The number of nitrogens with one attached hydrogen (secondary N) is 1. The highest BCUT2D eigenvalue weighted by molar-refractivity contribution is 7.12. The maximum absolute atomic E-state index is 11.8. The number of likely N-dealkylation sites (N-methyl/N-ethyl adjacent to an activating group) is 1. The minimum atomic E-state index is -1.07. The van der Waals surface area contributed by atoms with Crippen LogP contribution in [0, 0.1) is 0 Å². The number of carbonyl (C=O) groups excluding carboxylic acids is 2. The Morgan fingerprint density at radius 3 is 2.79 bits per heavy atom. The number of rotatable bonds is 6. The van der Waals surface area contributed by atoms with Crippen molar-refractivity contribution in [2.45, 2.75) is 0 Å². The van der Waals surface area contributed by atoms with Gasteiger partial charge in [-0.15, -0.1) is 11.3 Å². The molecule has 0 bridgehead atoms. The van der Waals surface area contributed by atoms with Gasteiger partial charge in [-0.2, -0.15) is 0 Å². The Balaban J connectivity index is 2.36. The zero-order valence-corrected chi connectivity index (χ0v) is 11.1. The number of hydrogen-bond acceptors (Lipinski definition) is 4. The summed E-state index contributed by atoms with van der Waals surface area (Å²) in [7, 11) is 1.54. The molecular weight excluding hydrogens is 268 g/mol. The summed E-state index contributed by atoms with van der Waals surface area (Å²) in [5.74, 6) is -1.63. The van der Waals surface area contributed by atoms with Crippen LogP contribution in [0.3, 0.4) is 0 Å². The first kappa shape index (κ1) is 14.9. The maximum Gasteiger partial charge on any atom is 0.328 e. The van der Waals surface area contributed by atoms with Crippen LogP contribution in [0.1, 0.15) is 9.67 Å². The van der Waals surface area contributed by atoms with Gasteiger partial charge in [-0.05, 0) is 11.4 Å². The third-order valence-corrected chi connectivity index (χ3v) is 2.99. The summed E-state index contributed by atoms with van der Waals surface area (Å²) in [5, 5.41) is 12.6. The fourth-order valence-electron chi connectivity index (χ4n) is 1.26. The van der Waals surface area contributed by atoms with Crippen molar-refractivity contribution < 1.29 is 19.5 Å². The smallest absolute Gasteiger partial charge is 0.328 e. The van der Waals surface area contributed by atoms with Crippen molar-refractivity contribution in [2.24, 2.45) is 0 Å². The van der Waals surface area contributed by atoms with Gasteiger partial charge >= 0.3 is 5.97 Å². The molecule has 0 aliphatic heterocycles. The summed E-state index contributed by atoms with van der Waals surface area (Å²) < 4.78 is 0. The number of amides is 2. The Labute approximate surface area is 114 Å². The minimum absolute atomic E-state index is 0.0718. The lowest BCUT2D eigenvalue weighted by atomic mass is 10.4. The van der Waals surface area contributed by atoms with E-state index in [0.29, 0.717) is 4.88 Å². The second-order valence-electron chi connectivity index (χ2n) is 3.68. The van der Waals surface area contributed by atoms with Crippen LogP contribution in [0.25, 0.3) is 0 Å². The molecule has 0 saturated heterocycles. The van der Waals surface area contributed by atoms with E-state index in [-0.39, 0.29) is 24.9 Å². The monoisotopic (exact) mass is 282 g/mol. The molecule has 0 radical (unpaired) electrons. The van der Waals surface area contributed by atoms with E-state index in [1.807, 2.05) is 0 Å². The van der Waals surface area contributed by atoms with Crippen molar-refractivity contribution in [1.82, 2.24) is 10.2 Å². The van der Waals surface area contributed by atoms with Crippen molar-refractivity contribution in [3.05, 3.63) is 34.5 Å². The van der Waals surface area contributed by atoms with Crippen LogP contribution in [0.4, 0.5) is 0 Å². The molecule has 1 heterocycles. The van der Waals surface area contributed by atoms with Crippen LogP contribution in [0.5, 0.6) is 0 Å². The Hall–Kier alpha value is -2.15. The van der Waals surface area contributed by atoms with Crippen molar-refractivity contribution in [1.29, 1.82) is 0 Å². The molecule has 6 nitrogen and oxygen atoms in total. The number of carbonyl (C=O) groups is 3. The molecule has 0 atom stereocenters. The third kappa shape index (κ3) is 5.35. The molecule has 0 spiro atoms. The standard InChI is InChI=1S/C12H14N2O4S/c1-14(12(18)9-4-3-7-19-9)8-10(15)13-6-2-5-11(16)17/h2-5,7H,6,8H2,1H3,(H,13,15)(H,16,17)/b5-2+. The van der Waals surface area contributed by atoms with Gasteiger partial charge in [0.05, 0.1) is 11.4 Å². The molecule has 0 saturated carbocycles. The first-order valence-corrected chi connectivity index (χ1v) is 6.34. The maximum atomic E-state index is 11.8. The summed E-state index contributed by atoms with van der Waals surface area (Å²) >= 11 is 1.31. The zero-order valence-electron chi connectivity index (χ0n) is 10.3. The SMILES string of the molecule is CN(CC(=O)NC/C=C/C(=O)O)C(=O)c1cccs1. The number of carboxylic acid groups (broad SMARTS) is 1. The molecule has 0 unspecified atom stereocenters. The van der Waals surface area contributed by atoms with Gasteiger partial charge in [-0.1, -0.05) is 12.1 Å². The fraction of sp³-hybridized carbons (Fsp3) is 0.250. The summed E-state index contributed by atoms with van der Waals surface area (Å²) in [6.45, 7) is 0.0454. The molecular formula is C12H14N2O4S. The topological polar surface area (TPSA) is 86.7 Å². The van der Waals surface area contributed by atoms with Crippen LogP contribution in [0.2, 0.25) is 0 Å². The molecule has 0 aliphatic carbocycles. The van der Waals surface area contributed by atoms with E-state index in [4.69, 9.17) is 5.11 Å². The number of thiophene rings is 1. The summed E-state index contributed by atoms with van der Waals surface area (Å²) in [6, 6.07) is 3.46. The van der Waals surface area contributed by atoms with Crippen LogP contribution in [0.15, 0.2) is 29.7 Å². The second-order valence-corrected chi connectivity index (χ2v) is 4.63. The number of nitrogens with zero attached hydrogens (tertiary/aromatic N) is 1. The van der Waals surface area contributed by atoms with E-state index in [2.05, 4.69) is 5.32 Å². The van der Waals surface area contributed by atoms with Gasteiger partial charge in [-0.25, -0.2) is 4.79 Å². The van der Waals surface area contributed by atoms with Gasteiger partial charge < -0.3 is 15.3 Å². The molecule has 102 valence electrons. The third-order valence-electron chi connectivity index (χ3n) is 2.14. The largest absolute Gasteiger partial charge is 0.478 e. The Morgan fingerprint density at radius 2 is 2.21 bits per heavy atom. The van der Waals surface area contributed by atoms with E-state index in [9.17, 15) is 14.4 Å². The fourth-order valence-corrected chi connectivity index (χ4v) is 1.98. The van der Waals surface area contributed by atoms with E-state index in [1.165, 1.54) is 29.4 Å². The van der Waals surface area contributed by atoms with Gasteiger partial charge in [0.1, 0.15) is 0 Å². The first-order chi connectivity index (χ1) is 9.00. The predicted molar refractivity (Wildman–Crippen MR) is 71.1 cm³/mol. The lowest BCUT2D eigenvalue weighted by molar-refractivity contribution is -0.131. The van der Waals surface area contributed by atoms with Gasteiger partial charge in [0.2, 0.25) is 5.91 Å². The summed E-state index contributed by atoms with van der Waals surface area (Å²) in [6.07, 6.45) is 2.27. The summed E-state index contributed by atoms with van der Waals surface area (Å²) in [5.41, 5.74) is 0. The molecule has 0 fully saturated rings. The van der Waals surface area contributed by atoms with Gasteiger partial charge in [0, 0.05) is 19.7 Å². The molecule has 1 aromatic rings. The molecule has 19 heavy (non-hydrogen) atoms. The van der Waals surface area contributed by atoms with E-state index >= 15 is 0 Å². The van der Waals surface area contributed by atoms with Crippen molar-refractivity contribution in [3.63, 3.8) is 0 Å². The number of hydrogen-bond donors (Lipinski definition) is 2. The molecule has 1 rings (SSSR count). The average Bonchev–Trinajstić information content (AvgIpc) is 2.87. The highest BCUT2D eigenvalue weighted by Gasteiger charge is 2.14. The van der Waals surface area contributed by atoms with Crippen LogP contribution in [-0.2, 0) is 9.59 Å². The Morgan fingerprint density at radius 1 is 1.47 bits per heavy atom. The predicted octanol–water partition coefficient (Wildman–Crippen LogP) is 0.577. The summed E-state index contributed by atoms with van der Waals surface area (Å²) in [4.78, 5) is 35.4. The lowest BCUT2D eigenvalue weighted by Gasteiger charge is -2.15. The van der Waals surface area contributed by atoms with Gasteiger partial charge in [0.15, 0.2) is 0 Å². The zero-order chi connectivity index (χ0) is 14.3. The highest BCUT2D eigenvalue weighted by Crippen LogP contribution is 2.10. The second kappa shape index (κ2) is 7.32. The van der Waals surface area contributed by atoms with Crippen molar-refractivity contribution >= 4 is 29.1 Å². The first-order valence-electron chi connectivity index (χ1n) is 5.46.